The summed E-state index contributed by atoms with van der Waals surface area (Å²) in [5.74, 6) is 1.51. The predicted octanol–water partition coefficient (Wildman–Crippen LogP) is 3.43. The smallest absolute Gasteiger partial charge is 0.251 e. The molecule has 0 saturated heterocycles. The molecular formula is C16H20N2O2. The number of carbonyl (C=O) groups excluding carboxylic acids is 1. The quantitative estimate of drug-likeness (QED) is 0.896. The lowest BCUT2D eigenvalue weighted by atomic mass is 10.1. The van der Waals surface area contributed by atoms with E-state index in [-0.39, 0.29) is 11.9 Å². The van der Waals surface area contributed by atoms with Crippen LogP contribution in [-0.2, 0) is 0 Å². The van der Waals surface area contributed by atoms with Crippen LogP contribution in [0.4, 0.5) is 5.69 Å². The summed E-state index contributed by atoms with van der Waals surface area (Å²) in [6.07, 6.45) is 0. The molecule has 1 heterocycles. The van der Waals surface area contributed by atoms with Crippen LogP contribution in [0.15, 0.2) is 34.7 Å². The average Bonchev–Trinajstić information content (AvgIpc) is 2.85. The minimum Gasteiger partial charge on any atom is -0.464 e. The molecule has 1 atom stereocenters. The van der Waals surface area contributed by atoms with Crippen molar-refractivity contribution in [1.82, 2.24) is 5.32 Å². The molecule has 1 aromatic carbocycles. The van der Waals surface area contributed by atoms with Gasteiger partial charge >= 0.3 is 0 Å². The zero-order chi connectivity index (χ0) is 14.7. The lowest BCUT2D eigenvalue weighted by molar-refractivity contribution is 0.0935. The van der Waals surface area contributed by atoms with Gasteiger partial charge in [0.05, 0.1) is 6.04 Å². The standard InChI is InChI=1S/C16H20N2O2/c1-10-9-13(6-7-14(10)17-4)16(19)18-12(3)15-8-5-11(2)20-15/h5-9,12,17H,1-4H3,(H,18,19). The Bertz CT molecular complexity index is 617. The van der Waals surface area contributed by atoms with Crippen molar-refractivity contribution < 1.29 is 9.21 Å². The van der Waals surface area contributed by atoms with Crippen LogP contribution in [0.3, 0.4) is 0 Å². The van der Waals surface area contributed by atoms with Crippen molar-refractivity contribution in [3.8, 4) is 0 Å². The van der Waals surface area contributed by atoms with Crippen LogP contribution in [-0.4, -0.2) is 13.0 Å². The largest absolute Gasteiger partial charge is 0.464 e. The molecular weight excluding hydrogens is 252 g/mol. The van der Waals surface area contributed by atoms with Gasteiger partial charge in [-0.1, -0.05) is 0 Å². The second kappa shape index (κ2) is 5.82. The van der Waals surface area contributed by atoms with Gasteiger partial charge in [0.25, 0.3) is 5.91 Å². The van der Waals surface area contributed by atoms with Crippen LogP contribution >= 0.6 is 0 Å². The second-order valence-electron chi connectivity index (χ2n) is 4.92. The van der Waals surface area contributed by atoms with E-state index in [9.17, 15) is 4.79 Å². The Hall–Kier alpha value is -2.23. The zero-order valence-electron chi connectivity index (χ0n) is 12.3. The number of carbonyl (C=O) groups is 1. The Balaban J connectivity index is 2.10. The van der Waals surface area contributed by atoms with Crippen molar-refractivity contribution in [2.24, 2.45) is 0 Å². The van der Waals surface area contributed by atoms with E-state index >= 15 is 0 Å². The van der Waals surface area contributed by atoms with Gasteiger partial charge in [-0.25, -0.2) is 0 Å². The number of rotatable bonds is 4. The van der Waals surface area contributed by atoms with Gasteiger partial charge in [-0.15, -0.1) is 0 Å². The third kappa shape index (κ3) is 3.02. The van der Waals surface area contributed by atoms with Gasteiger partial charge in [-0.2, -0.15) is 0 Å². The molecule has 106 valence electrons. The highest BCUT2D eigenvalue weighted by molar-refractivity contribution is 5.95. The summed E-state index contributed by atoms with van der Waals surface area (Å²) >= 11 is 0. The Morgan fingerprint density at radius 2 is 1.95 bits per heavy atom. The van der Waals surface area contributed by atoms with Gasteiger partial charge in [0.15, 0.2) is 0 Å². The number of aryl methyl sites for hydroxylation is 2. The average molecular weight is 272 g/mol. The molecule has 0 bridgehead atoms. The first-order chi connectivity index (χ1) is 9.51. The fourth-order valence-electron chi connectivity index (χ4n) is 2.12. The van der Waals surface area contributed by atoms with E-state index in [1.54, 1.807) is 0 Å². The Kier molecular flexibility index (Phi) is 4.13. The zero-order valence-corrected chi connectivity index (χ0v) is 12.3. The minimum absolute atomic E-state index is 0.0997. The summed E-state index contributed by atoms with van der Waals surface area (Å²) in [5.41, 5.74) is 2.72. The number of hydrogen-bond acceptors (Lipinski definition) is 3. The second-order valence-corrected chi connectivity index (χ2v) is 4.92. The summed E-state index contributed by atoms with van der Waals surface area (Å²) in [4.78, 5) is 12.2. The Labute approximate surface area is 119 Å². The molecule has 0 aliphatic carbocycles. The maximum absolute atomic E-state index is 12.2. The van der Waals surface area contributed by atoms with Crippen molar-refractivity contribution in [3.05, 3.63) is 53.0 Å². The van der Waals surface area contributed by atoms with Crippen molar-refractivity contribution in [2.75, 3.05) is 12.4 Å². The molecule has 1 amide bonds. The van der Waals surface area contributed by atoms with E-state index < -0.39 is 0 Å². The lowest BCUT2D eigenvalue weighted by Crippen LogP contribution is -2.26. The number of nitrogens with one attached hydrogen (secondary N) is 2. The molecule has 0 radical (unpaired) electrons. The molecule has 0 saturated carbocycles. The first kappa shape index (κ1) is 14.2. The first-order valence-corrected chi connectivity index (χ1v) is 6.67. The molecule has 0 fully saturated rings. The maximum Gasteiger partial charge on any atom is 0.251 e. The lowest BCUT2D eigenvalue weighted by Gasteiger charge is -2.13. The summed E-state index contributed by atoms with van der Waals surface area (Å²) in [5, 5.41) is 6.02. The van der Waals surface area contributed by atoms with E-state index in [1.165, 1.54) is 0 Å². The summed E-state index contributed by atoms with van der Waals surface area (Å²) in [6, 6.07) is 9.22. The number of benzene rings is 1. The maximum atomic E-state index is 12.2. The van der Waals surface area contributed by atoms with Crippen molar-refractivity contribution in [2.45, 2.75) is 26.8 Å². The molecule has 2 N–H and O–H groups in total. The van der Waals surface area contributed by atoms with Crippen LogP contribution in [0.5, 0.6) is 0 Å². The van der Waals surface area contributed by atoms with Gasteiger partial charge in [0, 0.05) is 18.3 Å². The highest BCUT2D eigenvalue weighted by atomic mass is 16.3. The van der Waals surface area contributed by atoms with Crippen LogP contribution in [0, 0.1) is 13.8 Å². The molecule has 4 nitrogen and oxygen atoms in total. The normalized spacial score (nSPS) is 12.0. The van der Waals surface area contributed by atoms with Crippen molar-refractivity contribution >= 4 is 11.6 Å². The van der Waals surface area contributed by atoms with Gasteiger partial charge < -0.3 is 15.1 Å². The predicted molar refractivity (Wildman–Crippen MR) is 80.1 cm³/mol. The highest BCUT2D eigenvalue weighted by Gasteiger charge is 2.14. The van der Waals surface area contributed by atoms with Gasteiger partial charge in [0.1, 0.15) is 11.5 Å². The summed E-state index contributed by atoms with van der Waals surface area (Å²) in [7, 11) is 1.86. The van der Waals surface area contributed by atoms with Gasteiger partial charge in [-0.05, 0) is 56.7 Å². The molecule has 20 heavy (non-hydrogen) atoms. The fourth-order valence-corrected chi connectivity index (χ4v) is 2.12. The molecule has 4 heteroatoms. The highest BCUT2D eigenvalue weighted by Crippen LogP contribution is 2.18. The van der Waals surface area contributed by atoms with Crippen molar-refractivity contribution in [3.63, 3.8) is 0 Å². The van der Waals surface area contributed by atoms with E-state index in [1.807, 2.05) is 58.2 Å². The molecule has 1 aromatic heterocycles. The van der Waals surface area contributed by atoms with E-state index in [2.05, 4.69) is 10.6 Å². The minimum atomic E-state index is -0.152. The van der Waals surface area contributed by atoms with Gasteiger partial charge in [0.2, 0.25) is 0 Å². The topological polar surface area (TPSA) is 54.3 Å². The summed E-state index contributed by atoms with van der Waals surface area (Å²) in [6.45, 7) is 5.77. The van der Waals surface area contributed by atoms with E-state index in [0.29, 0.717) is 5.56 Å². The van der Waals surface area contributed by atoms with E-state index in [0.717, 1.165) is 22.8 Å². The number of hydrogen-bond donors (Lipinski definition) is 2. The van der Waals surface area contributed by atoms with E-state index in [4.69, 9.17) is 4.42 Å². The molecule has 2 aromatic rings. The number of furan rings is 1. The first-order valence-electron chi connectivity index (χ1n) is 6.67. The van der Waals surface area contributed by atoms with Crippen LogP contribution < -0.4 is 10.6 Å². The third-order valence-electron chi connectivity index (χ3n) is 3.29. The third-order valence-corrected chi connectivity index (χ3v) is 3.29. The van der Waals surface area contributed by atoms with Crippen LogP contribution in [0.2, 0.25) is 0 Å². The molecule has 2 rings (SSSR count). The molecule has 0 aliphatic rings. The molecule has 0 spiro atoms. The summed E-state index contributed by atoms with van der Waals surface area (Å²) < 4.78 is 5.52. The fraction of sp³-hybridized carbons (Fsp3) is 0.312. The van der Waals surface area contributed by atoms with Crippen molar-refractivity contribution in [1.29, 1.82) is 0 Å². The van der Waals surface area contributed by atoms with Crippen LogP contribution in [0.25, 0.3) is 0 Å². The van der Waals surface area contributed by atoms with Gasteiger partial charge in [-0.3, -0.25) is 4.79 Å². The SMILES string of the molecule is CNc1ccc(C(=O)NC(C)c2ccc(C)o2)cc1C. The Morgan fingerprint density at radius 1 is 1.20 bits per heavy atom. The number of amides is 1. The number of anilines is 1. The Morgan fingerprint density at radius 3 is 2.50 bits per heavy atom. The monoisotopic (exact) mass is 272 g/mol. The molecule has 0 aliphatic heterocycles. The van der Waals surface area contributed by atoms with Crippen LogP contribution in [0.1, 0.15) is 40.4 Å². The molecule has 1 unspecified atom stereocenters.